The zero-order chi connectivity index (χ0) is 28.8. The normalized spacial score (nSPS) is 11.7. The first kappa shape index (κ1) is 32.7. The molecule has 0 spiro atoms. The van der Waals surface area contributed by atoms with E-state index in [0.717, 1.165) is 42.5 Å². The molecule has 0 amide bonds. The van der Waals surface area contributed by atoms with Crippen LogP contribution < -0.4 is 0 Å². The maximum atomic E-state index is 11.7. The minimum Gasteiger partial charge on any atom is -0.512 e. The standard InChI is InChI=1S/C23H16NS.C13H24O2.Ir/c1-14-12-15(2)20-18(13-14)24-22(16-8-4-3-5-9-16)23-21(20)17-10-6-7-11-19(17)25-23;1-5-10(6-2)12(14)9-13(15)11(7-3)8-4;/h3-8,10-13H,1-2H3;9-11,14H,5-8H2,1-4H3;/q-1;;/b;12-9-;. The number of rotatable bonds is 8. The monoisotopic (exact) mass is 743 g/mol. The minimum absolute atomic E-state index is 0. The summed E-state index contributed by atoms with van der Waals surface area (Å²) in [4.78, 5) is 16.8. The Balaban J connectivity index is 0.000000253. The molecule has 0 unspecified atom stereocenters. The fourth-order valence-corrected chi connectivity index (χ4v) is 6.71. The Bertz CT molecular complexity index is 1650. The summed E-state index contributed by atoms with van der Waals surface area (Å²) in [7, 11) is 0. The minimum atomic E-state index is 0. The molecule has 0 saturated heterocycles. The second-order valence-corrected chi connectivity index (χ2v) is 11.6. The summed E-state index contributed by atoms with van der Waals surface area (Å²) in [5, 5.41) is 13.7. The van der Waals surface area contributed by atoms with Crippen molar-refractivity contribution < 1.29 is 30.0 Å². The van der Waals surface area contributed by atoms with Crippen LogP contribution in [0, 0.1) is 31.7 Å². The SMILES string of the molecule is CCC(CC)C(=O)/C=C(\O)C(CC)CC.Cc1cc(C)c2c(c1)nc(-c1[c-]cccc1)c1sc3ccccc3c12.[Ir]. The summed E-state index contributed by atoms with van der Waals surface area (Å²) in [6.07, 6.45) is 4.91. The molecule has 0 aliphatic carbocycles. The molecular weight excluding hydrogens is 703 g/mol. The average Bonchev–Trinajstić information content (AvgIpc) is 3.34. The number of hydrogen-bond acceptors (Lipinski definition) is 4. The molecule has 0 fully saturated rings. The van der Waals surface area contributed by atoms with E-state index < -0.39 is 0 Å². The summed E-state index contributed by atoms with van der Waals surface area (Å²) in [6, 6.07) is 24.6. The molecule has 3 nitrogen and oxygen atoms in total. The maximum absolute atomic E-state index is 11.7. The number of hydrogen-bond donors (Lipinski definition) is 1. The first-order valence-electron chi connectivity index (χ1n) is 14.5. The Kier molecular flexibility index (Phi) is 11.8. The van der Waals surface area contributed by atoms with E-state index in [9.17, 15) is 9.90 Å². The first-order valence-corrected chi connectivity index (χ1v) is 15.3. The number of aromatic nitrogens is 1. The number of aryl methyl sites for hydroxylation is 2. The molecule has 1 radical (unpaired) electrons. The van der Waals surface area contributed by atoms with E-state index in [1.807, 2.05) is 51.2 Å². The van der Waals surface area contributed by atoms with Crippen molar-refractivity contribution >= 4 is 48.2 Å². The number of fused-ring (bicyclic) bond motifs is 5. The van der Waals surface area contributed by atoms with E-state index in [4.69, 9.17) is 4.98 Å². The van der Waals surface area contributed by atoms with Crippen LogP contribution in [-0.2, 0) is 24.9 Å². The molecule has 0 aliphatic rings. The predicted molar refractivity (Wildman–Crippen MR) is 172 cm³/mol. The van der Waals surface area contributed by atoms with Crippen LogP contribution in [0.3, 0.4) is 0 Å². The Morgan fingerprint density at radius 2 is 1.59 bits per heavy atom. The van der Waals surface area contributed by atoms with Crippen LogP contribution in [0.5, 0.6) is 0 Å². The molecule has 41 heavy (non-hydrogen) atoms. The first-order chi connectivity index (χ1) is 19.3. The third-order valence-corrected chi connectivity index (χ3v) is 8.98. The molecule has 0 atom stereocenters. The smallest absolute Gasteiger partial charge is 0.162 e. The predicted octanol–water partition coefficient (Wildman–Crippen LogP) is 10.6. The number of ketones is 1. The quantitative estimate of drug-likeness (QED) is 0.0979. The molecule has 1 N–H and O–H groups in total. The van der Waals surface area contributed by atoms with E-state index in [2.05, 4.69) is 68.4 Å². The molecule has 0 bridgehead atoms. The maximum Gasteiger partial charge on any atom is 0.162 e. The summed E-state index contributed by atoms with van der Waals surface area (Å²) in [5.74, 6) is 0.547. The van der Waals surface area contributed by atoms with Crippen molar-refractivity contribution in [3.05, 3.63) is 89.7 Å². The third kappa shape index (κ3) is 7.14. The van der Waals surface area contributed by atoms with Gasteiger partial charge in [-0.15, -0.1) is 47.2 Å². The third-order valence-electron chi connectivity index (χ3n) is 7.80. The van der Waals surface area contributed by atoms with Crippen molar-refractivity contribution in [3.63, 3.8) is 0 Å². The Morgan fingerprint density at radius 3 is 2.22 bits per heavy atom. The summed E-state index contributed by atoms with van der Waals surface area (Å²) in [6.45, 7) is 12.4. The molecule has 2 aromatic heterocycles. The summed E-state index contributed by atoms with van der Waals surface area (Å²) in [5.41, 5.74) is 5.70. The second-order valence-electron chi connectivity index (χ2n) is 10.5. The van der Waals surface area contributed by atoms with Gasteiger partial charge in [-0.3, -0.25) is 9.78 Å². The van der Waals surface area contributed by atoms with Gasteiger partial charge in [-0.05, 0) is 62.8 Å². The Hall–Kier alpha value is -2.85. The number of allylic oxidation sites excluding steroid dienone is 2. The molecule has 5 aromatic rings. The number of carbonyl (C=O) groups excluding carboxylic acids is 1. The van der Waals surface area contributed by atoms with Crippen LogP contribution in [0.2, 0.25) is 0 Å². The zero-order valence-corrected chi connectivity index (χ0v) is 28.1. The number of nitrogens with zero attached hydrogens (tertiary/aromatic N) is 1. The van der Waals surface area contributed by atoms with Gasteiger partial charge in [0, 0.05) is 69.3 Å². The van der Waals surface area contributed by atoms with Gasteiger partial charge in [-0.1, -0.05) is 52.0 Å². The van der Waals surface area contributed by atoms with E-state index in [0.29, 0.717) is 0 Å². The number of benzene rings is 3. The fraction of sp³-hybridized carbons (Fsp3) is 0.333. The van der Waals surface area contributed by atoms with Gasteiger partial charge in [0.05, 0.1) is 11.3 Å². The topological polar surface area (TPSA) is 50.2 Å². The molecule has 3 aromatic carbocycles. The van der Waals surface area contributed by atoms with Gasteiger partial charge in [0.15, 0.2) is 5.78 Å². The Morgan fingerprint density at radius 1 is 0.927 bits per heavy atom. The molecule has 0 aliphatic heterocycles. The molecule has 0 saturated carbocycles. The molecular formula is C36H40IrNO2S-. The van der Waals surface area contributed by atoms with Crippen LogP contribution in [0.4, 0.5) is 0 Å². The van der Waals surface area contributed by atoms with Crippen molar-refractivity contribution in [3.8, 4) is 11.3 Å². The zero-order valence-electron chi connectivity index (χ0n) is 24.9. The molecule has 5 heteroatoms. The number of pyridine rings is 1. The van der Waals surface area contributed by atoms with E-state index in [1.165, 1.54) is 42.8 Å². The van der Waals surface area contributed by atoms with Gasteiger partial charge in [-0.25, -0.2) is 0 Å². The average molecular weight is 743 g/mol. The van der Waals surface area contributed by atoms with Gasteiger partial charge in [0.1, 0.15) is 0 Å². The van der Waals surface area contributed by atoms with Crippen molar-refractivity contribution in [2.45, 2.75) is 67.2 Å². The van der Waals surface area contributed by atoms with Crippen LogP contribution in [0.25, 0.3) is 42.3 Å². The molecule has 5 rings (SSSR count). The van der Waals surface area contributed by atoms with Crippen LogP contribution in [0.15, 0.2) is 72.5 Å². The van der Waals surface area contributed by atoms with Gasteiger partial charge in [-0.2, -0.15) is 0 Å². The summed E-state index contributed by atoms with van der Waals surface area (Å²) >= 11 is 1.83. The van der Waals surface area contributed by atoms with Gasteiger partial charge in [0.25, 0.3) is 0 Å². The molecule has 2 heterocycles. The van der Waals surface area contributed by atoms with E-state index in [-0.39, 0.29) is 43.5 Å². The van der Waals surface area contributed by atoms with Crippen LogP contribution in [-0.4, -0.2) is 15.9 Å². The van der Waals surface area contributed by atoms with Crippen LogP contribution >= 0.6 is 11.3 Å². The van der Waals surface area contributed by atoms with E-state index >= 15 is 0 Å². The largest absolute Gasteiger partial charge is 0.512 e. The van der Waals surface area contributed by atoms with Crippen molar-refractivity contribution in [2.75, 3.05) is 0 Å². The number of aliphatic hydroxyl groups excluding tert-OH is 1. The van der Waals surface area contributed by atoms with Crippen molar-refractivity contribution in [1.82, 2.24) is 4.98 Å². The van der Waals surface area contributed by atoms with Gasteiger partial charge < -0.3 is 5.11 Å². The van der Waals surface area contributed by atoms with Crippen molar-refractivity contribution in [1.29, 1.82) is 0 Å². The number of aliphatic hydroxyl groups is 1. The van der Waals surface area contributed by atoms with Crippen molar-refractivity contribution in [2.24, 2.45) is 11.8 Å². The Labute approximate surface area is 262 Å². The van der Waals surface area contributed by atoms with Gasteiger partial charge in [0.2, 0.25) is 0 Å². The molecule has 217 valence electrons. The summed E-state index contributed by atoms with van der Waals surface area (Å²) < 4.78 is 2.56. The second kappa shape index (κ2) is 14.9. The van der Waals surface area contributed by atoms with Gasteiger partial charge >= 0.3 is 0 Å². The van der Waals surface area contributed by atoms with E-state index in [1.54, 1.807) is 0 Å². The number of carbonyl (C=O) groups is 1. The number of thiophene rings is 1. The fourth-order valence-electron chi connectivity index (χ4n) is 5.49. The van der Waals surface area contributed by atoms with Crippen LogP contribution in [0.1, 0.15) is 64.5 Å².